The van der Waals surface area contributed by atoms with Crippen LogP contribution in [0, 0.1) is 6.92 Å². The number of aryl methyl sites for hydroxylation is 1. The van der Waals surface area contributed by atoms with E-state index in [1.807, 2.05) is 6.07 Å². The Labute approximate surface area is 144 Å². The molecule has 24 heavy (non-hydrogen) atoms. The highest BCUT2D eigenvalue weighted by Gasteiger charge is 2.21. The maximum Gasteiger partial charge on any atom is 0.134 e. The van der Waals surface area contributed by atoms with Gasteiger partial charge in [0, 0.05) is 31.1 Å². The van der Waals surface area contributed by atoms with Crippen molar-refractivity contribution in [2.45, 2.75) is 26.2 Å². The van der Waals surface area contributed by atoms with Gasteiger partial charge in [-0.3, -0.25) is 0 Å². The van der Waals surface area contributed by atoms with Gasteiger partial charge in [-0.2, -0.15) is 0 Å². The summed E-state index contributed by atoms with van der Waals surface area (Å²) >= 11 is 0. The van der Waals surface area contributed by atoms with Crippen molar-refractivity contribution in [3.05, 3.63) is 47.8 Å². The number of rotatable bonds is 5. The minimum atomic E-state index is 0.0256. The zero-order valence-electron chi connectivity index (χ0n) is 14.7. The zero-order chi connectivity index (χ0) is 17.0. The molecule has 0 aliphatic carbocycles. The van der Waals surface area contributed by atoms with Crippen LogP contribution in [-0.2, 0) is 10.2 Å². The van der Waals surface area contributed by atoms with Crippen LogP contribution in [0.1, 0.15) is 25.0 Å². The van der Waals surface area contributed by atoms with Crippen molar-refractivity contribution >= 4 is 11.6 Å². The van der Waals surface area contributed by atoms with Crippen LogP contribution >= 0.6 is 0 Å². The second-order valence-corrected chi connectivity index (χ2v) is 6.96. The van der Waals surface area contributed by atoms with Crippen molar-refractivity contribution in [2.24, 2.45) is 0 Å². The van der Waals surface area contributed by atoms with Crippen molar-refractivity contribution in [3.63, 3.8) is 0 Å². The Balaban J connectivity index is 1.66. The lowest BCUT2D eigenvalue weighted by atomic mass is 9.84. The molecule has 128 valence electrons. The average molecular weight is 326 g/mol. The SMILES string of the molecule is Cc1ccc(C(C)(C)CNc2cc(N3CCOCC3)ncn2)cc1. The number of hydrogen-bond donors (Lipinski definition) is 1. The highest BCUT2D eigenvalue weighted by molar-refractivity contribution is 5.49. The molecule has 1 aliphatic rings. The van der Waals surface area contributed by atoms with Gasteiger partial charge in [0.1, 0.15) is 18.0 Å². The Morgan fingerprint density at radius 3 is 2.54 bits per heavy atom. The van der Waals surface area contributed by atoms with Gasteiger partial charge >= 0.3 is 0 Å². The third-order valence-electron chi connectivity index (χ3n) is 4.53. The first kappa shape index (κ1) is 16.7. The summed E-state index contributed by atoms with van der Waals surface area (Å²) in [6.07, 6.45) is 1.63. The fourth-order valence-electron chi connectivity index (χ4n) is 2.83. The Morgan fingerprint density at radius 2 is 1.83 bits per heavy atom. The van der Waals surface area contributed by atoms with Crippen molar-refractivity contribution in [1.82, 2.24) is 9.97 Å². The monoisotopic (exact) mass is 326 g/mol. The molecule has 3 rings (SSSR count). The van der Waals surface area contributed by atoms with Crippen LogP contribution in [0.3, 0.4) is 0 Å². The number of hydrogen-bond acceptors (Lipinski definition) is 5. The molecule has 0 bridgehead atoms. The first-order valence-electron chi connectivity index (χ1n) is 8.50. The molecular weight excluding hydrogens is 300 g/mol. The summed E-state index contributed by atoms with van der Waals surface area (Å²) < 4.78 is 5.40. The van der Waals surface area contributed by atoms with E-state index in [0.717, 1.165) is 44.5 Å². The Morgan fingerprint density at radius 1 is 1.12 bits per heavy atom. The molecule has 0 unspecified atom stereocenters. The van der Waals surface area contributed by atoms with E-state index in [4.69, 9.17) is 4.74 Å². The molecule has 2 aromatic rings. The van der Waals surface area contributed by atoms with E-state index in [1.54, 1.807) is 6.33 Å². The van der Waals surface area contributed by atoms with E-state index in [2.05, 4.69) is 65.2 Å². The van der Waals surface area contributed by atoms with E-state index in [1.165, 1.54) is 11.1 Å². The molecule has 1 saturated heterocycles. The normalized spacial score (nSPS) is 15.4. The predicted octanol–water partition coefficient (Wildman–Crippen LogP) is 3.01. The fourth-order valence-corrected chi connectivity index (χ4v) is 2.83. The van der Waals surface area contributed by atoms with Gasteiger partial charge in [-0.1, -0.05) is 43.7 Å². The molecule has 0 spiro atoms. The first-order valence-corrected chi connectivity index (χ1v) is 8.50. The number of nitrogens with one attached hydrogen (secondary N) is 1. The quantitative estimate of drug-likeness (QED) is 0.915. The van der Waals surface area contributed by atoms with Gasteiger partial charge in [-0.25, -0.2) is 9.97 Å². The van der Waals surface area contributed by atoms with Gasteiger partial charge in [0.25, 0.3) is 0 Å². The number of morpholine rings is 1. The zero-order valence-corrected chi connectivity index (χ0v) is 14.7. The van der Waals surface area contributed by atoms with Crippen LogP contribution in [-0.4, -0.2) is 42.8 Å². The van der Waals surface area contributed by atoms with Gasteiger partial charge < -0.3 is 15.0 Å². The van der Waals surface area contributed by atoms with E-state index >= 15 is 0 Å². The molecule has 1 aliphatic heterocycles. The minimum Gasteiger partial charge on any atom is -0.378 e. The second-order valence-electron chi connectivity index (χ2n) is 6.96. The summed E-state index contributed by atoms with van der Waals surface area (Å²) in [4.78, 5) is 11.0. The van der Waals surface area contributed by atoms with Crippen LogP contribution in [0.5, 0.6) is 0 Å². The Kier molecular flexibility index (Phi) is 5.00. The Hall–Kier alpha value is -2.14. The number of benzene rings is 1. The number of nitrogens with zero attached hydrogens (tertiary/aromatic N) is 3. The molecule has 1 fully saturated rings. The summed E-state index contributed by atoms with van der Waals surface area (Å²) in [5.41, 5.74) is 2.63. The van der Waals surface area contributed by atoms with Gasteiger partial charge in [-0.05, 0) is 12.5 Å². The van der Waals surface area contributed by atoms with E-state index in [0.29, 0.717) is 0 Å². The van der Waals surface area contributed by atoms with Crippen molar-refractivity contribution in [1.29, 1.82) is 0 Å². The van der Waals surface area contributed by atoms with Crippen molar-refractivity contribution in [3.8, 4) is 0 Å². The molecule has 1 aromatic heterocycles. The molecule has 2 heterocycles. The highest BCUT2D eigenvalue weighted by Crippen LogP contribution is 2.24. The van der Waals surface area contributed by atoms with E-state index in [9.17, 15) is 0 Å². The fraction of sp³-hybridized carbons (Fsp3) is 0.474. The topological polar surface area (TPSA) is 50.3 Å². The lowest BCUT2D eigenvalue weighted by Crippen LogP contribution is -2.36. The summed E-state index contributed by atoms with van der Waals surface area (Å²) in [6, 6.07) is 10.8. The minimum absolute atomic E-state index is 0.0256. The van der Waals surface area contributed by atoms with Gasteiger partial charge in [0.15, 0.2) is 0 Å². The first-order chi connectivity index (χ1) is 11.5. The number of ether oxygens (including phenoxy) is 1. The molecule has 1 aromatic carbocycles. The van der Waals surface area contributed by atoms with Crippen LogP contribution < -0.4 is 10.2 Å². The highest BCUT2D eigenvalue weighted by atomic mass is 16.5. The molecule has 5 heteroatoms. The van der Waals surface area contributed by atoms with Crippen LogP contribution in [0.25, 0.3) is 0 Å². The van der Waals surface area contributed by atoms with Gasteiger partial charge in [-0.15, -0.1) is 0 Å². The summed E-state index contributed by atoms with van der Waals surface area (Å²) in [7, 11) is 0. The van der Waals surface area contributed by atoms with Gasteiger partial charge in [0.05, 0.1) is 13.2 Å². The molecule has 0 radical (unpaired) electrons. The molecule has 1 N–H and O–H groups in total. The van der Waals surface area contributed by atoms with Crippen LogP contribution in [0.15, 0.2) is 36.7 Å². The second kappa shape index (κ2) is 7.18. The van der Waals surface area contributed by atoms with E-state index in [-0.39, 0.29) is 5.41 Å². The number of anilines is 2. The number of aromatic nitrogens is 2. The lowest BCUT2D eigenvalue weighted by Gasteiger charge is -2.28. The van der Waals surface area contributed by atoms with Crippen LogP contribution in [0.4, 0.5) is 11.6 Å². The van der Waals surface area contributed by atoms with Crippen LogP contribution in [0.2, 0.25) is 0 Å². The summed E-state index contributed by atoms with van der Waals surface area (Å²) in [5, 5.41) is 3.47. The van der Waals surface area contributed by atoms with Crippen molar-refractivity contribution in [2.75, 3.05) is 43.1 Å². The molecule has 0 atom stereocenters. The lowest BCUT2D eigenvalue weighted by molar-refractivity contribution is 0.122. The molecule has 0 amide bonds. The standard InChI is InChI=1S/C19H26N4O/c1-15-4-6-16(7-5-15)19(2,3)13-20-17-12-18(22-14-21-17)23-8-10-24-11-9-23/h4-7,12,14H,8-11,13H2,1-3H3,(H,20,21,22). The third kappa shape index (κ3) is 4.03. The maximum absolute atomic E-state index is 5.40. The van der Waals surface area contributed by atoms with Crippen molar-refractivity contribution < 1.29 is 4.74 Å². The third-order valence-corrected chi connectivity index (χ3v) is 4.53. The predicted molar refractivity (Wildman–Crippen MR) is 97.8 cm³/mol. The maximum atomic E-state index is 5.40. The van der Waals surface area contributed by atoms with Gasteiger partial charge in [0.2, 0.25) is 0 Å². The largest absolute Gasteiger partial charge is 0.378 e. The molecule has 0 saturated carbocycles. The Bertz CT molecular complexity index is 663. The molecule has 5 nitrogen and oxygen atoms in total. The smallest absolute Gasteiger partial charge is 0.134 e. The molecular formula is C19H26N4O. The van der Waals surface area contributed by atoms with E-state index < -0.39 is 0 Å². The summed E-state index contributed by atoms with van der Waals surface area (Å²) in [6.45, 7) is 10.7. The average Bonchev–Trinajstić information content (AvgIpc) is 2.61. The summed E-state index contributed by atoms with van der Waals surface area (Å²) in [5.74, 6) is 1.83.